The summed E-state index contributed by atoms with van der Waals surface area (Å²) in [4.78, 5) is 7.13. The molecule has 0 radical (unpaired) electrons. The molecule has 2 aromatic rings. The van der Waals surface area contributed by atoms with Crippen LogP contribution in [0.3, 0.4) is 0 Å². The van der Waals surface area contributed by atoms with E-state index < -0.39 is 17.7 Å². The van der Waals surface area contributed by atoms with Gasteiger partial charge in [0.15, 0.2) is 5.69 Å². The zero-order chi connectivity index (χ0) is 15.6. The van der Waals surface area contributed by atoms with E-state index in [0.717, 1.165) is 0 Å². The molecule has 0 aliphatic rings. The first kappa shape index (κ1) is 15.5. The fourth-order valence-electron chi connectivity index (χ4n) is 1.50. The van der Waals surface area contributed by atoms with Crippen LogP contribution in [-0.4, -0.2) is 17.0 Å². The summed E-state index contributed by atoms with van der Waals surface area (Å²) >= 11 is 3.15. The van der Waals surface area contributed by atoms with E-state index in [9.17, 15) is 17.6 Å². The third-order valence-electron chi connectivity index (χ3n) is 2.43. The lowest BCUT2D eigenvalue weighted by molar-refractivity contribution is -0.141. The number of nitrogens with zero attached hydrogens (tertiary/aromatic N) is 2. The SMILES string of the molecule is CNc1nc(Nc2cc(Br)ccc2F)cc(C(F)(F)F)n1. The number of alkyl halides is 3. The average Bonchev–Trinajstić information content (AvgIpc) is 2.41. The van der Waals surface area contributed by atoms with Gasteiger partial charge in [-0.3, -0.25) is 0 Å². The van der Waals surface area contributed by atoms with E-state index in [2.05, 4.69) is 36.5 Å². The number of hydrogen-bond donors (Lipinski definition) is 2. The topological polar surface area (TPSA) is 49.8 Å². The number of aromatic nitrogens is 2. The van der Waals surface area contributed by atoms with Crippen LogP contribution >= 0.6 is 15.9 Å². The van der Waals surface area contributed by atoms with Gasteiger partial charge in [0.05, 0.1) is 5.69 Å². The Morgan fingerprint density at radius 1 is 1.14 bits per heavy atom. The molecule has 9 heteroatoms. The summed E-state index contributed by atoms with van der Waals surface area (Å²) in [5.41, 5.74) is -1.13. The number of benzene rings is 1. The molecule has 0 amide bonds. The van der Waals surface area contributed by atoms with Crippen LogP contribution in [0.4, 0.5) is 35.0 Å². The van der Waals surface area contributed by atoms with Gasteiger partial charge in [0, 0.05) is 17.6 Å². The van der Waals surface area contributed by atoms with Crippen LogP contribution < -0.4 is 10.6 Å². The van der Waals surface area contributed by atoms with Gasteiger partial charge in [-0.1, -0.05) is 15.9 Å². The molecule has 0 bridgehead atoms. The monoisotopic (exact) mass is 364 g/mol. The van der Waals surface area contributed by atoms with Gasteiger partial charge in [0.25, 0.3) is 0 Å². The highest BCUT2D eigenvalue weighted by atomic mass is 79.9. The molecule has 1 aromatic heterocycles. The third-order valence-corrected chi connectivity index (χ3v) is 2.92. The summed E-state index contributed by atoms with van der Waals surface area (Å²) < 4.78 is 52.4. The van der Waals surface area contributed by atoms with Gasteiger partial charge in [-0.15, -0.1) is 0 Å². The minimum Gasteiger partial charge on any atom is -0.357 e. The summed E-state index contributed by atoms with van der Waals surface area (Å²) in [6.45, 7) is 0. The standard InChI is InChI=1S/C12H9BrF4N4/c1-18-11-20-9(12(15,16)17)5-10(21-11)19-8-4-6(13)2-3-7(8)14/h2-5H,1H3,(H2,18,19,20,21). The van der Waals surface area contributed by atoms with E-state index in [1.54, 1.807) is 0 Å². The Morgan fingerprint density at radius 3 is 2.48 bits per heavy atom. The Labute approximate surface area is 125 Å². The predicted molar refractivity (Wildman–Crippen MR) is 74.0 cm³/mol. The van der Waals surface area contributed by atoms with Crippen LogP contribution in [0.25, 0.3) is 0 Å². The predicted octanol–water partition coefficient (Wildman–Crippen LogP) is 4.18. The second kappa shape index (κ2) is 5.84. The molecule has 0 atom stereocenters. The number of nitrogens with one attached hydrogen (secondary N) is 2. The molecule has 0 saturated heterocycles. The van der Waals surface area contributed by atoms with Crippen LogP contribution in [0, 0.1) is 5.82 Å². The van der Waals surface area contributed by atoms with Crippen LogP contribution in [0.1, 0.15) is 5.69 Å². The van der Waals surface area contributed by atoms with Gasteiger partial charge in [0.2, 0.25) is 5.95 Å². The van der Waals surface area contributed by atoms with Gasteiger partial charge in [-0.25, -0.2) is 9.37 Å². The number of rotatable bonds is 3. The average molecular weight is 365 g/mol. The minimum atomic E-state index is -4.62. The molecule has 0 spiro atoms. The molecular weight excluding hydrogens is 356 g/mol. The summed E-state index contributed by atoms with van der Waals surface area (Å²) in [7, 11) is 1.39. The van der Waals surface area contributed by atoms with Gasteiger partial charge in [0.1, 0.15) is 11.6 Å². The van der Waals surface area contributed by atoms with Crippen molar-refractivity contribution in [2.45, 2.75) is 6.18 Å². The Morgan fingerprint density at radius 2 is 1.86 bits per heavy atom. The zero-order valence-corrected chi connectivity index (χ0v) is 12.2. The van der Waals surface area contributed by atoms with Crippen molar-refractivity contribution in [3.05, 3.63) is 40.2 Å². The molecule has 1 aromatic carbocycles. The van der Waals surface area contributed by atoms with Crippen molar-refractivity contribution < 1.29 is 17.6 Å². The van der Waals surface area contributed by atoms with Crippen molar-refractivity contribution >= 4 is 33.4 Å². The van der Waals surface area contributed by atoms with Crippen LogP contribution in [0.15, 0.2) is 28.7 Å². The van der Waals surface area contributed by atoms with Crippen molar-refractivity contribution in [2.75, 3.05) is 17.7 Å². The maximum Gasteiger partial charge on any atom is 0.433 e. The first-order chi connectivity index (χ1) is 9.79. The second-order valence-corrected chi connectivity index (χ2v) is 4.87. The Bertz CT molecular complexity index is 660. The van der Waals surface area contributed by atoms with Gasteiger partial charge in [-0.05, 0) is 18.2 Å². The third kappa shape index (κ3) is 3.81. The smallest absolute Gasteiger partial charge is 0.357 e. The van der Waals surface area contributed by atoms with Crippen LogP contribution in [0.5, 0.6) is 0 Å². The zero-order valence-electron chi connectivity index (χ0n) is 10.6. The summed E-state index contributed by atoms with van der Waals surface area (Å²) in [6, 6.07) is 4.75. The van der Waals surface area contributed by atoms with Crippen LogP contribution in [0.2, 0.25) is 0 Å². The van der Waals surface area contributed by atoms with E-state index in [-0.39, 0.29) is 17.5 Å². The molecular formula is C12H9BrF4N4. The largest absolute Gasteiger partial charge is 0.433 e. The Kier molecular flexibility index (Phi) is 4.31. The Hall–Kier alpha value is -1.90. The summed E-state index contributed by atoms with van der Waals surface area (Å²) in [5.74, 6) is -1.00. The first-order valence-electron chi connectivity index (χ1n) is 5.65. The fourth-order valence-corrected chi connectivity index (χ4v) is 1.86. The fraction of sp³-hybridized carbons (Fsp3) is 0.167. The lowest BCUT2D eigenvalue weighted by Gasteiger charge is -2.12. The molecule has 0 fully saturated rings. The van der Waals surface area contributed by atoms with Crippen molar-refractivity contribution in [3.8, 4) is 0 Å². The van der Waals surface area contributed by atoms with Crippen molar-refractivity contribution in [1.82, 2.24) is 9.97 Å². The summed E-state index contributed by atoms with van der Waals surface area (Å²) in [6.07, 6.45) is -4.62. The molecule has 1 heterocycles. The lowest BCUT2D eigenvalue weighted by atomic mass is 10.3. The highest BCUT2D eigenvalue weighted by Crippen LogP contribution is 2.31. The quantitative estimate of drug-likeness (QED) is 0.802. The van der Waals surface area contributed by atoms with E-state index in [0.29, 0.717) is 10.5 Å². The normalized spacial score (nSPS) is 11.3. The van der Waals surface area contributed by atoms with Gasteiger partial charge in [-0.2, -0.15) is 18.2 Å². The molecule has 0 aliphatic carbocycles. The van der Waals surface area contributed by atoms with Crippen LogP contribution in [-0.2, 0) is 6.18 Å². The molecule has 2 rings (SSSR count). The van der Waals surface area contributed by atoms with Crippen molar-refractivity contribution in [2.24, 2.45) is 0 Å². The minimum absolute atomic E-state index is 0.00162. The molecule has 4 nitrogen and oxygen atoms in total. The molecule has 0 saturated carbocycles. The van der Waals surface area contributed by atoms with Gasteiger partial charge < -0.3 is 10.6 Å². The van der Waals surface area contributed by atoms with E-state index in [1.165, 1.54) is 25.2 Å². The van der Waals surface area contributed by atoms with Gasteiger partial charge >= 0.3 is 6.18 Å². The van der Waals surface area contributed by atoms with E-state index >= 15 is 0 Å². The number of anilines is 3. The van der Waals surface area contributed by atoms with E-state index in [4.69, 9.17) is 0 Å². The maximum absolute atomic E-state index is 13.6. The molecule has 2 N–H and O–H groups in total. The van der Waals surface area contributed by atoms with E-state index in [1.807, 2.05) is 0 Å². The number of hydrogen-bond acceptors (Lipinski definition) is 4. The molecule has 21 heavy (non-hydrogen) atoms. The number of halogens is 5. The highest BCUT2D eigenvalue weighted by molar-refractivity contribution is 9.10. The highest BCUT2D eigenvalue weighted by Gasteiger charge is 2.33. The second-order valence-electron chi connectivity index (χ2n) is 3.96. The Balaban J connectivity index is 2.42. The summed E-state index contributed by atoms with van der Waals surface area (Å²) in [5, 5.41) is 4.93. The molecule has 112 valence electrons. The van der Waals surface area contributed by atoms with Crippen molar-refractivity contribution in [1.29, 1.82) is 0 Å². The maximum atomic E-state index is 13.6. The molecule has 0 aliphatic heterocycles. The molecule has 0 unspecified atom stereocenters. The first-order valence-corrected chi connectivity index (χ1v) is 6.45. The van der Waals surface area contributed by atoms with Crippen molar-refractivity contribution in [3.63, 3.8) is 0 Å². The lowest BCUT2D eigenvalue weighted by Crippen LogP contribution is -2.12.